The minimum absolute atomic E-state index is 0.0584. The van der Waals surface area contributed by atoms with Crippen molar-refractivity contribution >= 4 is 15.9 Å². The molecule has 0 saturated heterocycles. The van der Waals surface area contributed by atoms with Gasteiger partial charge in [0.2, 0.25) is 0 Å². The number of hydrogen-bond donors (Lipinski definition) is 0. The van der Waals surface area contributed by atoms with Crippen molar-refractivity contribution in [3.8, 4) is 0 Å². The van der Waals surface area contributed by atoms with Crippen LogP contribution in [0.4, 0.5) is 4.39 Å². The van der Waals surface area contributed by atoms with Gasteiger partial charge in [-0.05, 0) is 13.0 Å². The summed E-state index contributed by atoms with van der Waals surface area (Å²) in [5, 5.41) is 0. The highest BCUT2D eigenvalue weighted by atomic mass is 79.9. The fourth-order valence-electron chi connectivity index (χ4n) is 0.801. The smallest absolute Gasteiger partial charge is 0.102 e. The van der Waals surface area contributed by atoms with Crippen LogP contribution in [-0.2, 0) is 0 Å². The van der Waals surface area contributed by atoms with Crippen LogP contribution in [0.3, 0.4) is 0 Å². The van der Waals surface area contributed by atoms with E-state index in [0.29, 0.717) is 6.42 Å². The van der Waals surface area contributed by atoms with Gasteiger partial charge >= 0.3 is 0 Å². The van der Waals surface area contributed by atoms with Gasteiger partial charge in [-0.3, -0.25) is 0 Å². The van der Waals surface area contributed by atoms with Gasteiger partial charge in [0.1, 0.15) is 5.83 Å². The monoisotopic (exact) mass is 190 g/mol. The van der Waals surface area contributed by atoms with Crippen molar-refractivity contribution in [1.29, 1.82) is 0 Å². The fourth-order valence-corrected chi connectivity index (χ4v) is 1.22. The van der Waals surface area contributed by atoms with Crippen LogP contribution in [0.2, 0.25) is 0 Å². The lowest BCUT2D eigenvalue weighted by molar-refractivity contribution is 0.558. The van der Waals surface area contributed by atoms with Gasteiger partial charge in [0.05, 0.1) is 0 Å². The third kappa shape index (κ3) is 1.94. The number of alkyl halides is 1. The Labute approximate surface area is 62.6 Å². The predicted molar refractivity (Wildman–Crippen MR) is 40.3 cm³/mol. The van der Waals surface area contributed by atoms with Gasteiger partial charge in [-0.2, -0.15) is 0 Å². The van der Waals surface area contributed by atoms with E-state index in [4.69, 9.17) is 0 Å². The predicted octanol–water partition coefficient (Wildman–Crippen LogP) is 2.95. The Kier molecular flexibility index (Phi) is 1.75. The highest BCUT2D eigenvalue weighted by molar-refractivity contribution is 9.10. The topological polar surface area (TPSA) is 0 Å². The average molecular weight is 191 g/mol. The molecule has 0 N–H and O–H groups in total. The standard InChI is InChI=1S/C7H8BrF/c1-7(8)4-2-3-6(9)5-7/h2-4H,5H2,1H3. The van der Waals surface area contributed by atoms with Gasteiger partial charge in [-0.1, -0.05) is 28.1 Å². The molecule has 0 aromatic heterocycles. The zero-order valence-electron chi connectivity index (χ0n) is 5.20. The highest BCUT2D eigenvalue weighted by Crippen LogP contribution is 2.30. The maximum absolute atomic E-state index is 12.5. The molecule has 50 valence electrons. The van der Waals surface area contributed by atoms with E-state index in [-0.39, 0.29) is 10.2 Å². The van der Waals surface area contributed by atoms with E-state index in [0.717, 1.165) is 0 Å². The quantitative estimate of drug-likeness (QED) is 0.516. The van der Waals surface area contributed by atoms with E-state index in [1.807, 2.05) is 13.0 Å². The SMILES string of the molecule is CC1(Br)C=CC=C(F)C1. The first-order valence-electron chi connectivity index (χ1n) is 2.83. The van der Waals surface area contributed by atoms with Crippen LogP contribution in [0.5, 0.6) is 0 Å². The summed E-state index contributed by atoms with van der Waals surface area (Å²) in [5.41, 5.74) is 0. The van der Waals surface area contributed by atoms with Crippen LogP contribution in [0.25, 0.3) is 0 Å². The molecule has 1 rings (SSSR count). The normalized spacial score (nSPS) is 34.3. The summed E-state index contributed by atoms with van der Waals surface area (Å²) in [5.74, 6) is -0.0584. The lowest BCUT2D eigenvalue weighted by Gasteiger charge is -2.18. The highest BCUT2D eigenvalue weighted by Gasteiger charge is 2.20. The lowest BCUT2D eigenvalue weighted by atomic mass is 10.0. The number of hydrogen-bond acceptors (Lipinski definition) is 0. The molecule has 1 atom stereocenters. The van der Waals surface area contributed by atoms with E-state index >= 15 is 0 Å². The Morgan fingerprint density at radius 3 is 2.78 bits per heavy atom. The number of halogens is 2. The van der Waals surface area contributed by atoms with E-state index < -0.39 is 0 Å². The Bertz CT molecular complexity index is 168. The van der Waals surface area contributed by atoms with Gasteiger partial charge in [0, 0.05) is 10.7 Å². The second-order valence-electron chi connectivity index (χ2n) is 2.43. The molecule has 1 aliphatic carbocycles. The summed E-state index contributed by atoms with van der Waals surface area (Å²) in [4.78, 5) is 0. The van der Waals surface area contributed by atoms with Crippen LogP contribution >= 0.6 is 15.9 Å². The van der Waals surface area contributed by atoms with E-state index in [1.165, 1.54) is 6.08 Å². The molecule has 0 saturated carbocycles. The van der Waals surface area contributed by atoms with Crippen molar-refractivity contribution in [3.05, 3.63) is 24.1 Å². The van der Waals surface area contributed by atoms with Crippen LogP contribution in [0.15, 0.2) is 24.1 Å². The molecule has 0 nitrogen and oxygen atoms in total. The molecule has 0 amide bonds. The number of allylic oxidation sites excluding steroid dienone is 4. The fraction of sp³-hybridized carbons (Fsp3) is 0.429. The molecule has 2 heteroatoms. The molecule has 1 aliphatic rings. The Balaban J connectivity index is 2.73. The third-order valence-corrected chi connectivity index (χ3v) is 1.78. The van der Waals surface area contributed by atoms with Crippen LogP contribution in [-0.4, -0.2) is 4.32 Å². The van der Waals surface area contributed by atoms with Crippen LogP contribution in [0, 0.1) is 0 Å². The van der Waals surface area contributed by atoms with Crippen LogP contribution < -0.4 is 0 Å². The molecule has 1 unspecified atom stereocenters. The summed E-state index contributed by atoms with van der Waals surface area (Å²) >= 11 is 3.37. The summed E-state index contributed by atoms with van der Waals surface area (Å²) in [6, 6.07) is 0. The average Bonchev–Trinajstić information content (AvgIpc) is 1.60. The third-order valence-electron chi connectivity index (χ3n) is 1.24. The summed E-state index contributed by atoms with van der Waals surface area (Å²) in [7, 11) is 0. The summed E-state index contributed by atoms with van der Waals surface area (Å²) in [6.07, 6.45) is 5.62. The maximum atomic E-state index is 12.5. The molecule has 9 heavy (non-hydrogen) atoms. The Hall–Kier alpha value is -0.110. The van der Waals surface area contributed by atoms with Gasteiger partial charge in [-0.25, -0.2) is 4.39 Å². The molecular formula is C7H8BrF. The van der Waals surface area contributed by atoms with Gasteiger partial charge in [0.25, 0.3) is 0 Å². The first-order chi connectivity index (χ1) is 4.10. The molecule has 0 aromatic rings. The van der Waals surface area contributed by atoms with Gasteiger partial charge in [0.15, 0.2) is 0 Å². The lowest BCUT2D eigenvalue weighted by Crippen LogP contribution is -2.13. The summed E-state index contributed by atoms with van der Waals surface area (Å²) in [6.45, 7) is 1.94. The van der Waals surface area contributed by atoms with Crippen molar-refractivity contribution in [2.24, 2.45) is 0 Å². The minimum atomic E-state index is -0.161. The molecular weight excluding hydrogens is 183 g/mol. The molecule has 0 fully saturated rings. The summed E-state index contributed by atoms with van der Waals surface area (Å²) < 4.78 is 12.3. The zero-order chi connectivity index (χ0) is 6.91. The molecule has 0 heterocycles. The van der Waals surface area contributed by atoms with Crippen molar-refractivity contribution in [2.45, 2.75) is 17.7 Å². The van der Waals surface area contributed by atoms with Crippen molar-refractivity contribution in [3.63, 3.8) is 0 Å². The van der Waals surface area contributed by atoms with Crippen molar-refractivity contribution in [2.75, 3.05) is 0 Å². The van der Waals surface area contributed by atoms with Crippen LogP contribution in [0.1, 0.15) is 13.3 Å². The van der Waals surface area contributed by atoms with E-state index in [9.17, 15) is 4.39 Å². The molecule has 0 aliphatic heterocycles. The first kappa shape index (κ1) is 7.00. The van der Waals surface area contributed by atoms with E-state index in [1.54, 1.807) is 6.08 Å². The first-order valence-corrected chi connectivity index (χ1v) is 3.62. The molecule has 0 radical (unpaired) electrons. The zero-order valence-corrected chi connectivity index (χ0v) is 6.78. The van der Waals surface area contributed by atoms with Gasteiger partial charge < -0.3 is 0 Å². The number of rotatable bonds is 0. The van der Waals surface area contributed by atoms with E-state index in [2.05, 4.69) is 15.9 Å². The molecule has 0 aromatic carbocycles. The second kappa shape index (κ2) is 2.25. The Morgan fingerprint density at radius 2 is 2.44 bits per heavy atom. The second-order valence-corrected chi connectivity index (χ2v) is 4.24. The van der Waals surface area contributed by atoms with Crippen molar-refractivity contribution < 1.29 is 4.39 Å². The van der Waals surface area contributed by atoms with Crippen molar-refractivity contribution in [1.82, 2.24) is 0 Å². The Morgan fingerprint density at radius 1 is 1.78 bits per heavy atom. The molecule has 0 bridgehead atoms. The van der Waals surface area contributed by atoms with Gasteiger partial charge in [-0.15, -0.1) is 0 Å². The molecule has 0 spiro atoms. The largest absolute Gasteiger partial charge is 0.212 e. The minimum Gasteiger partial charge on any atom is -0.212 e. The maximum Gasteiger partial charge on any atom is 0.102 e.